The minimum absolute atomic E-state index is 0.0460. The zero-order chi connectivity index (χ0) is 15.0. The highest BCUT2D eigenvalue weighted by molar-refractivity contribution is 5.69. The Morgan fingerprint density at radius 3 is 2.45 bits per heavy atom. The van der Waals surface area contributed by atoms with Gasteiger partial charge in [0.25, 0.3) is 0 Å². The van der Waals surface area contributed by atoms with Crippen molar-refractivity contribution in [2.45, 2.75) is 78.2 Å². The quantitative estimate of drug-likeness (QED) is 0.498. The topological polar surface area (TPSA) is 29.5 Å². The molecule has 118 valence electrons. The summed E-state index contributed by atoms with van der Waals surface area (Å²) in [5.41, 5.74) is 0.553. The molecular formula is C17H33NO2. The first-order valence-corrected chi connectivity index (χ1v) is 8.30. The molecule has 0 heterocycles. The van der Waals surface area contributed by atoms with E-state index in [-0.39, 0.29) is 5.97 Å². The van der Waals surface area contributed by atoms with Crippen LogP contribution in [0.2, 0.25) is 0 Å². The molecule has 0 N–H and O–H groups in total. The lowest BCUT2D eigenvalue weighted by Crippen LogP contribution is -2.37. The maximum absolute atomic E-state index is 11.2. The first-order chi connectivity index (χ1) is 9.44. The molecule has 3 nitrogen and oxygen atoms in total. The Morgan fingerprint density at radius 2 is 1.85 bits per heavy atom. The molecule has 0 unspecified atom stereocenters. The lowest BCUT2D eigenvalue weighted by molar-refractivity contribution is -0.143. The van der Waals surface area contributed by atoms with E-state index in [4.69, 9.17) is 4.74 Å². The monoisotopic (exact) mass is 283 g/mol. The standard InChI is InChI=1S/C17H33NO2/c1-5-20-16(19)9-7-6-8-14-18(4)15-10-12-17(2,3)13-11-15/h15H,5-14H2,1-4H3. The van der Waals surface area contributed by atoms with Crippen LogP contribution in [-0.4, -0.2) is 37.1 Å². The van der Waals surface area contributed by atoms with Crippen LogP contribution < -0.4 is 0 Å². The number of hydrogen-bond donors (Lipinski definition) is 0. The third kappa shape index (κ3) is 6.74. The third-order valence-corrected chi connectivity index (χ3v) is 4.63. The van der Waals surface area contributed by atoms with Gasteiger partial charge in [-0.3, -0.25) is 4.79 Å². The zero-order valence-corrected chi connectivity index (χ0v) is 13.9. The molecule has 1 saturated carbocycles. The van der Waals surface area contributed by atoms with Gasteiger partial charge in [0, 0.05) is 12.5 Å². The van der Waals surface area contributed by atoms with Crippen LogP contribution in [0.15, 0.2) is 0 Å². The molecule has 0 saturated heterocycles. The molecule has 1 fully saturated rings. The second-order valence-corrected chi connectivity index (χ2v) is 6.99. The van der Waals surface area contributed by atoms with E-state index in [0.29, 0.717) is 18.4 Å². The summed E-state index contributed by atoms with van der Waals surface area (Å²) in [6.45, 7) is 8.29. The van der Waals surface area contributed by atoms with E-state index in [1.54, 1.807) is 0 Å². The summed E-state index contributed by atoms with van der Waals surface area (Å²) in [4.78, 5) is 13.7. The van der Waals surface area contributed by atoms with E-state index in [2.05, 4.69) is 25.8 Å². The van der Waals surface area contributed by atoms with Crippen molar-refractivity contribution >= 4 is 5.97 Å². The molecule has 0 radical (unpaired) electrons. The molecule has 0 spiro atoms. The van der Waals surface area contributed by atoms with Gasteiger partial charge in [-0.15, -0.1) is 0 Å². The van der Waals surface area contributed by atoms with Crippen LogP contribution in [0.5, 0.6) is 0 Å². The SMILES string of the molecule is CCOC(=O)CCCCCN(C)C1CCC(C)(C)CC1. The van der Waals surface area contributed by atoms with Crippen molar-refractivity contribution in [1.29, 1.82) is 0 Å². The van der Waals surface area contributed by atoms with Gasteiger partial charge in [-0.1, -0.05) is 20.3 Å². The normalized spacial score (nSPS) is 19.2. The van der Waals surface area contributed by atoms with E-state index in [1.807, 2.05) is 6.92 Å². The zero-order valence-electron chi connectivity index (χ0n) is 13.9. The number of carbonyl (C=O) groups is 1. The number of nitrogens with zero attached hydrogens (tertiary/aromatic N) is 1. The lowest BCUT2D eigenvalue weighted by atomic mass is 9.75. The molecular weight excluding hydrogens is 250 g/mol. The Morgan fingerprint density at radius 1 is 1.20 bits per heavy atom. The molecule has 0 aromatic heterocycles. The van der Waals surface area contributed by atoms with Gasteiger partial charge in [-0.2, -0.15) is 0 Å². The highest BCUT2D eigenvalue weighted by atomic mass is 16.5. The Balaban J connectivity index is 2.06. The van der Waals surface area contributed by atoms with Gasteiger partial charge in [0.1, 0.15) is 0 Å². The number of rotatable bonds is 8. The summed E-state index contributed by atoms with van der Waals surface area (Å²) in [5.74, 6) is -0.0460. The Bertz CT molecular complexity index is 279. The van der Waals surface area contributed by atoms with Crippen LogP contribution in [0.4, 0.5) is 0 Å². The van der Waals surface area contributed by atoms with Crippen LogP contribution in [0.1, 0.15) is 72.1 Å². The number of carbonyl (C=O) groups excluding carboxylic acids is 1. The fourth-order valence-electron chi connectivity index (χ4n) is 3.05. The largest absolute Gasteiger partial charge is 0.466 e. The minimum Gasteiger partial charge on any atom is -0.466 e. The van der Waals surface area contributed by atoms with Gasteiger partial charge in [-0.05, 0) is 64.5 Å². The summed E-state index contributed by atoms with van der Waals surface area (Å²) in [6.07, 6.45) is 9.24. The highest BCUT2D eigenvalue weighted by Gasteiger charge is 2.28. The maximum Gasteiger partial charge on any atom is 0.305 e. The molecule has 0 aromatic carbocycles. The van der Waals surface area contributed by atoms with Gasteiger partial charge >= 0.3 is 5.97 Å². The predicted octanol–water partition coefficient (Wildman–Crippen LogP) is 4.01. The second-order valence-electron chi connectivity index (χ2n) is 6.99. The summed E-state index contributed by atoms with van der Waals surface area (Å²) in [7, 11) is 2.26. The second kappa shape index (κ2) is 8.66. The van der Waals surface area contributed by atoms with Crippen molar-refractivity contribution in [3.8, 4) is 0 Å². The highest BCUT2D eigenvalue weighted by Crippen LogP contribution is 2.36. The first kappa shape index (κ1) is 17.5. The van der Waals surface area contributed by atoms with Crippen molar-refractivity contribution in [3.05, 3.63) is 0 Å². The van der Waals surface area contributed by atoms with Crippen LogP contribution in [0.3, 0.4) is 0 Å². The molecule has 20 heavy (non-hydrogen) atoms. The van der Waals surface area contributed by atoms with Gasteiger partial charge in [-0.25, -0.2) is 0 Å². The van der Waals surface area contributed by atoms with E-state index >= 15 is 0 Å². The molecule has 1 rings (SSSR count). The van der Waals surface area contributed by atoms with E-state index in [9.17, 15) is 4.79 Å². The smallest absolute Gasteiger partial charge is 0.305 e. The van der Waals surface area contributed by atoms with Gasteiger partial charge < -0.3 is 9.64 Å². The Hall–Kier alpha value is -0.570. The molecule has 0 bridgehead atoms. The molecule has 0 atom stereocenters. The minimum atomic E-state index is -0.0460. The fourth-order valence-corrected chi connectivity index (χ4v) is 3.05. The van der Waals surface area contributed by atoms with Crippen molar-refractivity contribution < 1.29 is 9.53 Å². The van der Waals surface area contributed by atoms with Crippen molar-refractivity contribution in [3.63, 3.8) is 0 Å². The average Bonchev–Trinajstić information content (AvgIpc) is 2.38. The van der Waals surface area contributed by atoms with Crippen molar-refractivity contribution in [1.82, 2.24) is 4.90 Å². The van der Waals surface area contributed by atoms with Gasteiger partial charge in [0.2, 0.25) is 0 Å². The molecule has 1 aliphatic rings. The number of ether oxygens (including phenoxy) is 1. The lowest BCUT2D eigenvalue weighted by Gasteiger charge is -2.38. The van der Waals surface area contributed by atoms with Crippen LogP contribution in [0.25, 0.3) is 0 Å². The Labute approximate surface area is 125 Å². The van der Waals surface area contributed by atoms with Gasteiger partial charge in [0.15, 0.2) is 0 Å². The summed E-state index contributed by atoms with van der Waals surface area (Å²) >= 11 is 0. The molecule has 1 aliphatic carbocycles. The summed E-state index contributed by atoms with van der Waals surface area (Å²) in [5, 5.41) is 0. The molecule has 3 heteroatoms. The Kier molecular flexibility index (Phi) is 7.57. The molecule has 0 amide bonds. The van der Waals surface area contributed by atoms with E-state index in [0.717, 1.165) is 25.4 Å². The van der Waals surface area contributed by atoms with E-state index in [1.165, 1.54) is 32.1 Å². The number of hydrogen-bond acceptors (Lipinski definition) is 3. The van der Waals surface area contributed by atoms with Crippen LogP contribution in [-0.2, 0) is 9.53 Å². The third-order valence-electron chi connectivity index (χ3n) is 4.63. The number of esters is 1. The molecule has 0 aliphatic heterocycles. The fraction of sp³-hybridized carbons (Fsp3) is 0.941. The van der Waals surface area contributed by atoms with Crippen molar-refractivity contribution in [2.75, 3.05) is 20.2 Å². The maximum atomic E-state index is 11.2. The van der Waals surface area contributed by atoms with Gasteiger partial charge in [0.05, 0.1) is 6.61 Å². The van der Waals surface area contributed by atoms with Crippen LogP contribution >= 0.6 is 0 Å². The van der Waals surface area contributed by atoms with E-state index < -0.39 is 0 Å². The summed E-state index contributed by atoms with van der Waals surface area (Å²) < 4.78 is 4.93. The van der Waals surface area contributed by atoms with Crippen LogP contribution in [0, 0.1) is 5.41 Å². The average molecular weight is 283 g/mol. The first-order valence-electron chi connectivity index (χ1n) is 8.30. The number of unbranched alkanes of at least 4 members (excludes halogenated alkanes) is 2. The predicted molar refractivity (Wildman–Crippen MR) is 83.8 cm³/mol. The molecule has 0 aromatic rings. The summed E-state index contributed by atoms with van der Waals surface area (Å²) in [6, 6.07) is 0.771. The van der Waals surface area contributed by atoms with Crippen molar-refractivity contribution in [2.24, 2.45) is 5.41 Å².